The summed E-state index contributed by atoms with van der Waals surface area (Å²) in [6.45, 7) is 2.39. The second-order valence-electron chi connectivity index (χ2n) is 3.05. The van der Waals surface area contributed by atoms with Crippen LogP contribution in [-0.2, 0) is 0 Å². The molecule has 0 bridgehead atoms. The Morgan fingerprint density at radius 2 is 2.27 bits per heavy atom. The number of benzene rings is 1. The summed E-state index contributed by atoms with van der Waals surface area (Å²) in [6, 6.07) is 5.02. The van der Waals surface area contributed by atoms with Crippen LogP contribution in [0.2, 0.25) is 0 Å². The predicted octanol–water partition coefficient (Wildman–Crippen LogP) is 2.48. The quantitative estimate of drug-likeness (QED) is 0.478. The number of rotatable bonds is 5. The fraction of sp³-hybridized carbons (Fsp3) is 0.364. The third-order valence-electron chi connectivity index (χ3n) is 1.96. The van der Waals surface area contributed by atoms with Crippen molar-refractivity contribution in [3.8, 4) is 5.75 Å². The Morgan fingerprint density at radius 1 is 1.53 bits per heavy atom. The number of hydrogen-bond acceptors (Lipinski definition) is 3. The third-order valence-corrected chi connectivity index (χ3v) is 2.15. The smallest absolute Gasteiger partial charge is 0.164 e. The first-order valence-corrected chi connectivity index (χ1v) is 5.34. The van der Waals surface area contributed by atoms with Crippen LogP contribution >= 0.6 is 11.6 Å². The molecule has 2 N–H and O–H groups in total. The van der Waals surface area contributed by atoms with Crippen molar-refractivity contribution in [2.24, 2.45) is 0 Å². The lowest BCUT2D eigenvalue weighted by Crippen LogP contribution is -2.03. The molecule has 3 nitrogen and oxygen atoms in total. The highest BCUT2D eigenvalue weighted by Crippen LogP contribution is 2.23. The average Bonchev–Trinajstić information content (AvgIpc) is 2.22. The second kappa shape index (κ2) is 5.61. The van der Waals surface area contributed by atoms with Crippen molar-refractivity contribution in [1.82, 2.24) is 0 Å². The molecule has 4 heteroatoms. The number of alkyl halides is 1. The van der Waals surface area contributed by atoms with Crippen LogP contribution in [0.25, 0.3) is 0 Å². The number of hydrogen-bond donors (Lipinski definition) is 1. The molecule has 15 heavy (non-hydrogen) atoms. The lowest BCUT2D eigenvalue weighted by Gasteiger charge is -2.08. The van der Waals surface area contributed by atoms with E-state index in [-0.39, 0.29) is 5.78 Å². The van der Waals surface area contributed by atoms with E-state index in [0.717, 1.165) is 0 Å². The van der Waals surface area contributed by atoms with Gasteiger partial charge in [-0.2, -0.15) is 0 Å². The molecule has 0 fully saturated rings. The minimum Gasteiger partial charge on any atom is -0.492 e. The van der Waals surface area contributed by atoms with Gasteiger partial charge in [0.15, 0.2) is 5.78 Å². The first kappa shape index (κ1) is 11.9. The van der Waals surface area contributed by atoms with Crippen molar-refractivity contribution in [1.29, 1.82) is 0 Å². The Hall–Kier alpha value is -1.22. The van der Waals surface area contributed by atoms with Gasteiger partial charge < -0.3 is 10.5 Å². The predicted molar refractivity (Wildman–Crippen MR) is 61.7 cm³/mol. The molecule has 0 radical (unpaired) electrons. The number of ketones is 1. The number of Topliss-reactive ketones (excluding diaryl/α,β-unsaturated/α-hetero) is 1. The van der Waals surface area contributed by atoms with Crippen molar-refractivity contribution in [3.05, 3.63) is 23.8 Å². The van der Waals surface area contributed by atoms with E-state index in [2.05, 4.69) is 0 Å². The molecule has 1 aromatic rings. The Balaban J connectivity index is 2.91. The lowest BCUT2D eigenvalue weighted by molar-refractivity contribution is 0.0989. The van der Waals surface area contributed by atoms with Crippen molar-refractivity contribution in [2.75, 3.05) is 18.2 Å². The fourth-order valence-corrected chi connectivity index (χ4v) is 1.39. The maximum Gasteiger partial charge on any atom is 0.164 e. The standard InChI is InChI=1S/C11H14ClNO2/c1-2-15-11-7-8(3-4-9(11)13)10(14)5-6-12/h3-4,7H,2,5-6,13H2,1H3. The lowest BCUT2D eigenvalue weighted by atomic mass is 10.1. The summed E-state index contributed by atoms with van der Waals surface area (Å²) in [4.78, 5) is 11.5. The summed E-state index contributed by atoms with van der Waals surface area (Å²) >= 11 is 5.50. The van der Waals surface area contributed by atoms with Gasteiger partial charge in [-0.15, -0.1) is 11.6 Å². The molecule has 1 aromatic carbocycles. The Bertz CT molecular complexity index is 352. The highest BCUT2D eigenvalue weighted by molar-refractivity contribution is 6.19. The van der Waals surface area contributed by atoms with E-state index in [1.807, 2.05) is 6.92 Å². The molecular weight excluding hydrogens is 214 g/mol. The van der Waals surface area contributed by atoms with Crippen molar-refractivity contribution in [2.45, 2.75) is 13.3 Å². The van der Waals surface area contributed by atoms with E-state index in [9.17, 15) is 4.79 Å². The van der Waals surface area contributed by atoms with Gasteiger partial charge in [-0.05, 0) is 25.1 Å². The summed E-state index contributed by atoms with van der Waals surface area (Å²) in [7, 11) is 0. The van der Waals surface area contributed by atoms with Crippen LogP contribution in [0.5, 0.6) is 5.75 Å². The van der Waals surface area contributed by atoms with E-state index in [0.29, 0.717) is 35.9 Å². The number of ether oxygens (including phenoxy) is 1. The molecule has 0 aliphatic rings. The van der Waals surface area contributed by atoms with Crippen LogP contribution in [0.3, 0.4) is 0 Å². The number of carbonyl (C=O) groups excluding carboxylic acids is 1. The third kappa shape index (κ3) is 3.13. The van der Waals surface area contributed by atoms with Crippen LogP contribution in [0, 0.1) is 0 Å². The molecule has 0 atom stereocenters. The average molecular weight is 228 g/mol. The Labute approximate surface area is 94.2 Å². The summed E-state index contributed by atoms with van der Waals surface area (Å²) < 4.78 is 5.30. The van der Waals surface area contributed by atoms with Gasteiger partial charge in [-0.1, -0.05) is 0 Å². The van der Waals surface area contributed by atoms with Crippen LogP contribution in [0.1, 0.15) is 23.7 Å². The number of nitrogens with two attached hydrogens (primary N) is 1. The highest BCUT2D eigenvalue weighted by Gasteiger charge is 2.08. The highest BCUT2D eigenvalue weighted by atomic mass is 35.5. The largest absolute Gasteiger partial charge is 0.492 e. The van der Waals surface area contributed by atoms with Gasteiger partial charge in [0.05, 0.1) is 12.3 Å². The van der Waals surface area contributed by atoms with Gasteiger partial charge in [0.25, 0.3) is 0 Å². The van der Waals surface area contributed by atoms with E-state index in [4.69, 9.17) is 22.1 Å². The molecule has 0 amide bonds. The minimum absolute atomic E-state index is 0.00551. The van der Waals surface area contributed by atoms with Crippen molar-refractivity contribution in [3.63, 3.8) is 0 Å². The zero-order chi connectivity index (χ0) is 11.3. The second-order valence-corrected chi connectivity index (χ2v) is 3.43. The van der Waals surface area contributed by atoms with Crippen LogP contribution in [0.4, 0.5) is 5.69 Å². The fourth-order valence-electron chi connectivity index (χ4n) is 1.22. The van der Waals surface area contributed by atoms with E-state index < -0.39 is 0 Å². The molecule has 1 rings (SSSR count). The number of halogens is 1. The molecule has 0 aliphatic heterocycles. The molecular formula is C11H14ClNO2. The van der Waals surface area contributed by atoms with Crippen LogP contribution < -0.4 is 10.5 Å². The summed E-state index contributed by atoms with van der Waals surface area (Å²) in [5, 5.41) is 0. The van der Waals surface area contributed by atoms with E-state index in [1.165, 1.54) is 0 Å². The Morgan fingerprint density at radius 3 is 2.87 bits per heavy atom. The molecule has 82 valence electrons. The summed E-state index contributed by atoms with van der Waals surface area (Å²) in [5.41, 5.74) is 6.82. The maximum absolute atomic E-state index is 11.5. The number of nitrogen functional groups attached to an aromatic ring is 1. The van der Waals surface area contributed by atoms with Gasteiger partial charge in [0.1, 0.15) is 5.75 Å². The normalized spacial score (nSPS) is 10.0. The van der Waals surface area contributed by atoms with Crippen molar-refractivity contribution >= 4 is 23.1 Å². The van der Waals surface area contributed by atoms with Gasteiger partial charge in [-0.3, -0.25) is 4.79 Å². The molecule has 0 aromatic heterocycles. The van der Waals surface area contributed by atoms with Gasteiger partial charge in [-0.25, -0.2) is 0 Å². The summed E-state index contributed by atoms with van der Waals surface area (Å²) in [6.07, 6.45) is 0.330. The van der Waals surface area contributed by atoms with Crippen molar-refractivity contribution < 1.29 is 9.53 Å². The molecule has 0 saturated carbocycles. The summed E-state index contributed by atoms with van der Waals surface area (Å²) in [5.74, 6) is 0.886. The van der Waals surface area contributed by atoms with Crippen LogP contribution in [-0.4, -0.2) is 18.3 Å². The maximum atomic E-state index is 11.5. The number of anilines is 1. The molecule has 0 aliphatic carbocycles. The first-order valence-electron chi connectivity index (χ1n) is 4.80. The number of carbonyl (C=O) groups is 1. The minimum atomic E-state index is 0.00551. The van der Waals surface area contributed by atoms with Gasteiger partial charge in [0.2, 0.25) is 0 Å². The zero-order valence-electron chi connectivity index (χ0n) is 8.63. The van der Waals surface area contributed by atoms with E-state index in [1.54, 1.807) is 18.2 Å². The van der Waals surface area contributed by atoms with Gasteiger partial charge in [0, 0.05) is 17.9 Å². The SMILES string of the molecule is CCOc1cc(C(=O)CCCl)ccc1N. The molecule has 0 spiro atoms. The Kier molecular flexibility index (Phi) is 4.43. The topological polar surface area (TPSA) is 52.3 Å². The first-order chi connectivity index (χ1) is 7.19. The van der Waals surface area contributed by atoms with Gasteiger partial charge >= 0.3 is 0 Å². The zero-order valence-corrected chi connectivity index (χ0v) is 9.38. The molecule has 0 unspecified atom stereocenters. The van der Waals surface area contributed by atoms with E-state index >= 15 is 0 Å². The van der Waals surface area contributed by atoms with Crippen LogP contribution in [0.15, 0.2) is 18.2 Å². The molecule has 0 saturated heterocycles. The molecule has 0 heterocycles. The monoisotopic (exact) mass is 227 g/mol.